The average molecular weight is 410 g/mol. The second kappa shape index (κ2) is 9.91. The first kappa shape index (κ1) is 19.9. The van der Waals surface area contributed by atoms with Crippen molar-refractivity contribution >= 4 is 17.4 Å². The van der Waals surface area contributed by atoms with Crippen LogP contribution in [0.15, 0.2) is 65.8 Å². The van der Waals surface area contributed by atoms with Gasteiger partial charge in [0.1, 0.15) is 5.82 Å². The Morgan fingerprint density at radius 1 is 0.966 bits per heavy atom. The van der Waals surface area contributed by atoms with Crippen molar-refractivity contribution in [1.82, 2.24) is 20.1 Å². The van der Waals surface area contributed by atoms with Crippen LogP contribution in [0.2, 0.25) is 0 Å². The van der Waals surface area contributed by atoms with Gasteiger partial charge in [0.2, 0.25) is 5.16 Å². The molecule has 7 heteroatoms. The van der Waals surface area contributed by atoms with E-state index in [9.17, 15) is 5.11 Å². The fourth-order valence-electron chi connectivity index (χ4n) is 3.56. The maximum atomic E-state index is 10.4. The number of rotatable bonds is 8. The highest BCUT2D eigenvalue weighted by Gasteiger charge is 2.20. The molecule has 0 bridgehead atoms. The smallest absolute Gasteiger partial charge is 0.208 e. The number of nitrogens with zero attached hydrogens (tertiary/aromatic N) is 4. The molecule has 4 rings (SSSR count). The minimum Gasteiger partial charge on any atom is -0.391 e. The van der Waals surface area contributed by atoms with E-state index in [2.05, 4.69) is 61.4 Å². The zero-order chi connectivity index (χ0) is 19.9. The molecule has 0 amide bonds. The summed E-state index contributed by atoms with van der Waals surface area (Å²) >= 11 is 1.51. The molecule has 152 valence electrons. The lowest BCUT2D eigenvalue weighted by molar-refractivity contribution is 0.126. The first-order chi connectivity index (χ1) is 14.3. The Morgan fingerprint density at radius 3 is 2.38 bits per heavy atom. The van der Waals surface area contributed by atoms with Gasteiger partial charge in [-0.3, -0.25) is 10.00 Å². The quantitative estimate of drug-likeness (QED) is 0.558. The van der Waals surface area contributed by atoms with Gasteiger partial charge in [0.25, 0.3) is 0 Å². The number of para-hydroxylation sites is 1. The number of aromatic amines is 1. The molecule has 0 spiro atoms. The van der Waals surface area contributed by atoms with Crippen molar-refractivity contribution in [3.05, 3.63) is 72.1 Å². The summed E-state index contributed by atoms with van der Waals surface area (Å²) in [4.78, 5) is 9.27. The predicted octanol–water partition coefficient (Wildman–Crippen LogP) is 2.67. The van der Waals surface area contributed by atoms with E-state index in [0.717, 1.165) is 38.4 Å². The van der Waals surface area contributed by atoms with Gasteiger partial charge in [-0.25, -0.2) is 4.98 Å². The second-order valence-corrected chi connectivity index (χ2v) is 8.30. The maximum Gasteiger partial charge on any atom is 0.208 e. The van der Waals surface area contributed by atoms with Crippen molar-refractivity contribution in [3.8, 4) is 0 Å². The summed E-state index contributed by atoms with van der Waals surface area (Å²) < 4.78 is 0. The highest BCUT2D eigenvalue weighted by molar-refractivity contribution is 7.99. The molecule has 6 nitrogen and oxygen atoms in total. The molecule has 1 fully saturated rings. The lowest BCUT2D eigenvalue weighted by Gasteiger charge is -2.36. The topological polar surface area (TPSA) is 68.3 Å². The zero-order valence-corrected chi connectivity index (χ0v) is 17.3. The van der Waals surface area contributed by atoms with Gasteiger partial charge < -0.3 is 10.0 Å². The Balaban J connectivity index is 1.18. The number of nitrogens with one attached hydrogen (secondary N) is 1. The largest absolute Gasteiger partial charge is 0.391 e. The molecule has 1 aliphatic rings. The van der Waals surface area contributed by atoms with Crippen LogP contribution in [0.1, 0.15) is 11.4 Å². The Morgan fingerprint density at radius 2 is 1.66 bits per heavy atom. The van der Waals surface area contributed by atoms with Gasteiger partial charge in [-0.15, -0.1) is 5.10 Å². The molecule has 1 unspecified atom stereocenters. The van der Waals surface area contributed by atoms with Crippen LogP contribution in [0.3, 0.4) is 0 Å². The van der Waals surface area contributed by atoms with E-state index in [1.807, 2.05) is 24.3 Å². The molecule has 0 radical (unpaired) electrons. The van der Waals surface area contributed by atoms with Crippen LogP contribution < -0.4 is 4.90 Å². The molecule has 2 N–H and O–H groups in total. The monoisotopic (exact) mass is 409 g/mol. The average Bonchev–Trinajstić information content (AvgIpc) is 3.21. The maximum absolute atomic E-state index is 10.4. The summed E-state index contributed by atoms with van der Waals surface area (Å²) in [5.41, 5.74) is 2.48. The van der Waals surface area contributed by atoms with Gasteiger partial charge in [-0.05, 0) is 17.7 Å². The first-order valence-corrected chi connectivity index (χ1v) is 11.0. The normalized spacial score (nSPS) is 16.1. The van der Waals surface area contributed by atoms with Crippen LogP contribution in [0.25, 0.3) is 0 Å². The number of piperazine rings is 1. The number of hydrogen-bond acceptors (Lipinski definition) is 6. The molecule has 0 aliphatic carbocycles. The first-order valence-electron chi connectivity index (χ1n) is 10.0. The minimum absolute atomic E-state index is 0.389. The van der Waals surface area contributed by atoms with E-state index in [1.54, 1.807) is 0 Å². The van der Waals surface area contributed by atoms with E-state index >= 15 is 0 Å². The highest BCUT2D eigenvalue weighted by Crippen LogP contribution is 2.18. The SMILES string of the molecule is OC(CSc1n[nH]c(Cc2ccccc2)n1)CN1CCN(c2ccccc2)CC1. The van der Waals surface area contributed by atoms with E-state index in [-0.39, 0.29) is 6.10 Å². The second-order valence-electron chi connectivity index (χ2n) is 7.32. The number of β-amino-alcohol motifs (C(OH)–C–C–N with tert-alkyl or cyclic N) is 1. The number of benzene rings is 2. The molecule has 1 aliphatic heterocycles. The summed E-state index contributed by atoms with van der Waals surface area (Å²) in [5.74, 6) is 1.45. The molecular weight excluding hydrogens is 382 g/mol. The van der Waals surface area contributed by atoms with Crippen molar-refractivity contribution in [1.29, 1.82) is 0 Å². The van der Waals surface area contributed by atoms with Crippen LogP contribution in [0.5, 0.6) is 0 Å². The van der Waals surface area contributed by atoms with Crippen LogP contribution >= 0.6 is 11.8 Å². The van der Waals surface area contributed by atoms with Gasteiger partial charge in [-0.2, -0.15) is 0 Å². The number of hydrogen-bond donors (Lipinski definition) is 2. The Hall–Kier alpha value is -2.35. The van der Waals surface area contributed by atoms with Crippen LogP contribution in [-0.2, 0) is 6.42 Å². The molecule has 1 saturated heterocycles. The van der Waals surface area contributed by atoms with Crippen molar-refractivity contribution in [2.75, 3.05) is 43.4 Å². The number of aliphatic hydroxyl groups excluding tert-OH is 1. The van der Waals surface area contributed by atoms with E-state index in [0.29, 0.717) is 17.5 Å². The predicted molar refractivity (Wildman–Crippen MR) is 117 cm³/mol. The molecule has 1 atom stereocenters. The van der Waals surface area contributed by atoms with E-state index in [4.69, 9.17) is 0 Å². The Kier molecular flexibility index (Phi) is 6.82. The molecular formula is C22H27N5OS. The summed E-state index contributed by atoms with van der Waals surface area (Å²) in [7, 11) is 0. The zero-order valence-electron chi connectivity index (χ0n) is 16.4. The number of aliphatic hydroxyl groups is 1. The van der Waals surface area contributed by atoms with Gasteiger partial charge in [0, 0.05) is 50.6 Å². The summed E-state index contributed by atoms with van der Waals surface area (Å²) in [6, 6.07) is 20.7. The third-order valence-corrected chi connectivity index (χ3v) is 6.09. The van der Waals surface area contributed by atoms with Crippen LogP contribution in [0, 0.1) is 0 Å². The number of anilines is 1. The molecule has 2 aromatic carbocycles. The van der Waals surface area contributed by atoms with Crippen molar-refractivity contribution in [2.45, 2.75) is 17.7 Å². The van der Waals surface area contributed by atoms with Gasteiger partial charge in [0.05, 0.1) is 6.10 Å². The molecule has 2 heterocycles. The number of aromatic nitrogens is 3. The molecule has 29 heavy (non-hydrogen) atoms. The summed E-state index contributed by atoms with van der Waals surface area (Å²) in [6.45, 7) is 4.62. The third kappa shape index (κ3) is 5.82. The number of thioether (sulfide) groups is 1. The van der Waals surface area contributed by atoms with Gasteiger partial charge >= 0.3 is 0 Å². The minimum atomic E-state index is -0.389. The Labute approximate surface area is 176 Å². The lowest BCUT2D eigenvalue weighted by Crippen LogP contribution is -2.48. The molecule has 1 aromatic heterocycles. The fraction of sp³-hybridized carbons (Fsp3) is 0.364. The standard InChI is InChI=1S/C22H27N5OS/c28-20(16-26-11-13-27(14-12-26)19-9-5-2-6-10-19)17-29-22-23-21(24-25-22)15-18-7-3-1-4-8-18/h1-10,20,28H,11-17H2,(H,23,24,25). The van der Waals surface area contributed by atoms with Gasteiger partial charge in [0.15, 0.2) is 0 Å². The van der Waals surface area contributed by atoms with Crippen LogP contribution in [0.4, 0.5) is 5.69 Å². The third-order valence-electron chi connectivity index (χ3n) is 5.09. The van der Waals surface area contributed by atoms with E-state index < -0.39 is 0 Å². The van der Waals surface area contributed by atoms with Crippen molar-refractivity contribution in [2.24, 2.45) is 0 Å². The highest BCUT2D eigenvalue weighted by atomic mass is 32.2. The van der Waals surface area contributed by atoms with Crippen LogP contribution in [-0.4, -0.2) is 69.8 Å². The fourth-order valence-corrected chi connectivity index (χ4v) is 4.29. The molecule has 0 saturated carbocycles. The molecule has 3 aromatic rings. The lowest BCUT2D eigenvalue weighted by atomic mass is 10.1. The van der Waals surface area contributed by atoms with Crippen molar-refractivity contribution < 1.29 is 5.11 Å². The number of H-pyrrole nitrogens is 1. The van der Waals surface area contributed by atoms with E-state index in [1.165, 1.54) is 23.0 Å². The summed E-state index contributed by atoms with van der Waals surface area (Å²) in [6.07, 6.45) is 0.349. The van der Waals surface area contributed by atoms with Crippen molar-refractivity contribution in [3.63, 3.8) is 0 Å². The summed E-state index contributed by atoms with van der Waals surface area (Å²) in [5, 5.41) is 18.4. The Bertz CT molecular complexity index is 865. The van der Waals surface area contributed by atoms with Gasteiger partial charge in [-0.1, -0.05) is 60.3 Å².